The third-order valence-electron chi connectivity index (χ3n) is 5.95. The highest BCUT2D eigenvalue weighted by atomic mass is 16.4. The first-order chi connectivity index (χ1) is 15.5. The van der Waals surface area contributed by atoms with Crippen molar-refractivity contribution in [2.45, 2.75) is 63.5 Å². The third kappa shape index (κ3) is 7.34. The van der Waals surface area contributed by atoms with E-state index < -0.39 is 12.1 Å². The number of aliphatic hydroxyl groups excluding tert-OH is 1. The molecule has 0 saturated carbocycles. The van der Waals surface area contributed by atoms with Crippen LogP contribution in [0.3, 0.4) is 0 Å². The predicted molar refractivity (Wildman–Crippen MR) is 126 cm³/mol. The largest absolute Gasteiger partial charge is 0.481 e. The maximum atomic E-state index is 12.3. The van der Waals surface area contributed by atoms with Gasteiger partial charge in [-0.25, -0.2) is 0 Å². The molecule has 3 rings (SSSR count). The fourth-order valence-corrected chi connectivity index (χ4v) is 4.23. The van der Waals surface area contributed by atoms with Gasteiger partial charge in [-0.15, -0.1) is 0 Å². The van der Waals surface area contributed by atoms with Gasteiger partial charge in [0.15, 0.2) is 0 Å². The Morgan fingerprint density at radius 3 is 2.56 bits per heavy atom. The van der Waals surface area contributed by atoms with Crippen LogP contribution in [0.4, 0.5) is 0 Å². The van der Waals surface area contributed by atoms with Crippen molar-refractivity contribution >= 4 is 11.9 Å². The molecule has 0 aliphatic carbocycles. The molecule has 2 aromatic carbocycles. The predicted octanol–water partition coefficient (Wildman–Crippen LogP) is 4.84. The molecule has 0 spiro atoms. The maximum Gasteiger partial charge on any atom is 0.303 e. The van der Waals surface area contributed by atoms with Crippen molar-refractivity contribution in [3.8, 4) is 11.1 Å². The van der Waals surface area contributed by atoms with Gasteiger partial charge in [-0.2, -0.15) is 0 Å². The molecule has 1 fully saturated rings. The first-order valence-corrected chi connectivity index (χ1v) is 11.5. The van der Waals surface area contributed by atoms with Gasteiger partial charge < -0.3 is 15.1 Å². The van der Waals surface area contributed by atoms with E-state index in [1.165, 1.54) is 0 Å². The van der Waals surface area contributed by atoms with Gasteiger partial charge in [0.25, 0.3) is 0 Å². The molecule has 1 amide bonds. The highest BCUT2D eigenvalue weighted by Crippen LogP contribution is 2.23. The summed E-state index contributed by atoms with van der Waals surface area (Å²) in [6.45, 7) is 0.691. The Morgan fingerprint density at radius 2 is 1.78 bits per heavy atom. The Balaban J connectivity index is 1.49. The Hall–Kier alpha value is -2.92. The summed E-state index contributed by atoms with van der Waals surface area (Å²) >= 11 is 0. The van der Waals surface area contributed by atoms with E-state index in [2.05, 4.69) is 24.3 Å². The van der Waals surface area contributed by atoms with Crippen molar-refractivity contribution in [2.75, 3.05) is 6.54 Å². The summed E-state index contributed by atoms with van der Waals surface area (Å²) in [6, 6.07) is 18.5. The van der Waals surface area contributed by atoms with Crippen LogP contribution in [0.25, 0.3) is 11.1 Å². The first-order valence-electron chi connectivity index (χ1n) is 11.5. The number of carbonyl (C=O) groups excluding carboxylic acids is 1. The molecule has 0 bridgehead atoms. The van der Waals surface area contributed by atoms with Gasteiger partial charge in [-0.1, -0.05) is 79.6 Å². The molecule has 1 aliphatic heterocycles. The van der Waals surface area contributed by atoms with Gasteiger partial charge in [0.1, 0.15) is 0 Å². The molecule has 2 aromatic rings. The van der Waals surface area contributed by atoms with Gasteiger partial charge in [0, 0.05) is 25.8 Å². The minimum absolute atomic E-state index is 0.0341. The number of benzene rings is 2. The number of carboxylic acid groups (broad SMARTS) is 1. The van der Waals surface area contributed by atoms with Gasteiger partial charge in [0.2, 0.25) is 5.91 Å². The lowest BCUT2D eigenvalue weighted by molar-refractivity contribution is -0.137. The standard InChI is InChI=1S/C27H33NO4/c29-25(20-21-9-8-12-23(19-21)22-10-4-3-5-11-22)16-14-24-15-17-26(30)28(24)18-7-2-1-6-13-27(31)32/h3-5,8-12,14,16,19,24-25,29H,1-2,6-7,13,15,17-18,20H2,(H,31,32)/t24-,25+/m0/s1. The average Bonchev–Trinajstić information content (AvgIpc) is 3.14. The monoisotopic (exact) mass is 435 g/mol. The summed E-state index contributed by atoms with van der Waals surface area (Å²) < 4.78 is 0. The molecule has 1 heterocycles. The van der Waals surface area contributed by atoms with Crippen LogP contribution < -0.4 is 0 Å². The van der Waals surface area contributed by atoms with E-state index in [1.807, 2.05) is 47.4 Å². The lowest BCUT2D eigenvalue weighted by Gasteiger charge is -2.22. The summed E-state index contributed by atoms with van der Waals surface area (Å²) in [5.41, 5.74) is 3.36. The quantitative estimate of drug-likeness (QED) is 0.369. The zero-order chi connectivity index (χ0) is 22.8. The number of aliphatic carboxylic acids is 1. The van der Waals surface area contributed by atoms with Crippen LogP contribution in [0.15, 0.2) is 66.7 Å². The van der Waals surface area contributed by atoms with Crippen molar-refractivity contribution in [3.63, 3.8) is 0 Å². The molecule has 32 heavy (non-hydrogen) atoms. The number of carboxylic acids is 1. The number of aliphatic hydroxyl groups is 1. The number of hydrogen-bond donors (Lipinski definition) is 2. The van der Waals surface area contributed by atoms with Crippen molar-refractivity contribution < 1.29 is 19.8 Å². The smallest absolute Gasteiger partial charge is 0.303 e. The second-order valence-corrected chi connectivity index (χ2v) is 8.47. The van der Waals surface area contributed by atoms with E-state index in [0.717, 1.165) is 42.4 Å². The molecule has 0 aromatic heterocycles. The average molecular weight is 436 g/mol. The second kappa shape index (κ2) is 12.2. The fourth-order valence-electron chi connectivity index (χ4n) is 4.23. The third-order valence-corrected chi connectivity index (χ3v) is 5.95. The molecule has 1 saturated heterocycles. The number of nitrogens with zero attached hydrogens (tertiary/aromatic N) is 1. The highest BCUT2D eigenvalue weighted by Gasteiger charge is 2.28. The van der Waals surface area contributed by atoms with Crippen LogP contribution in [0, 0.1) is 0 Å². The summed E-state index contributed by atoms with van der Waals surface area (Å²) in [4.78, 5) is 24.7. The van der Waals surface area contributed by atoms with Gasteiger partial charge in [0.05, 0.1) is 12.1 Å². The van der Waals surface area contributed by atoms with Crippen molar-refractivity contribution in [1.29, 1.82) is 0 Å². The maximum absolute atomic E-state index is 12.3. The van der Waals surface area contributed by atoms with Crippen LogP contribution in [0.2, 0.25) is 0 Å². The summed E-state index contributed by atoms with van der Waals surface area (Å²) in [5, 5.41) is 19.3. The Morgan fingerprint density at radius 1 is 1.03 bits per heavy atom. The number of rotatable bonds is 12. The van der Waals surface area contributed by atoms with Crippen LogP contribution in [-0.2, 0) is 16.0 Å². The molecule has 0 radical (unpaired) electrons. The molecular formula is C27H33NO4. The molecule has 2 atom stereocenters. The minimum atomic E-state index is -0.754. The number of unbranched alkanes of at least 4 members (excludes halogenated alkanes) is 3. The molecule has 170 valence electrons. The van der Waals surface area contributed by atoms with Crippen LogP contribution in [0.1, 0.15) is 50.5 Å². The number of likely N-dealkylation sites (tertiary alicyclic amines) is 1. The fraction of sp³-hybridized carbons (Fsp3) is 0.407. The first kappa shape index (κ1) is 23.7. The zero-order valence-electron chi connectivity index (χ0n) is 18.5. The molecule has 5 heteroatoms. The molecule has 0 unspecified atom stereocenters. The SMILES string of the molecule is O=C(O)CCCCCCN1C(=O)CC[C@@H]1C=C[C@@H](O)Cc1cccc(-c2ccccc2)c1. The number of hydrogen-bond acceptors (Lipinski definition) is 3. The summed E-state index contributed by atoms with van der Waals surface area (Å²) in [7, 11) is 0. The van der Waals surface area contributed by atoms with Crippen LogP contribution >= 0.6 is 0 Å². The van der Waals surface area contributed by atoms with Gasteiger partial charge in [-0.3, -0.25) is 9.59 Å². The van der Waals surface area contributed by atoms with E-state index in [4.69, 9.17) is 5.11 Å². The van der Waals surface area contributed by atoms with Gasteiger partial charge >= 0.3 is 5.97 Å². The van der Waals surface area contributed by atoms with E-state index in [9.17, 15) is 14.7 Å². The zero-order valence-corrected chi connectivity index (χ0v) is 18.5. The Labute approximate surface area is 190 Å². The van der Waals surface area contributed by atoms with Crippen LogP contribution in [-0.4, -0.2) is 45.7 Å². The van der Waals surface area contributed by atoms with Crippen molar-refractivity contribution in [1.82, 2.24) is 4.90 Å². The summed E-state index contributed by atoms with van der Waals surface area (Å²) in [5.74, 6) is -0.592. The van der Waals surface area contributed by atoms with Crippen molar-refractivity contribution in [2.24, 2.45) is 0 Å². The van der Waals surface area contributed by atoms with E-state index >= 15 is 0 Å². The Bertz CT molecular complexity index is 909. The lowest BCUT2D eigenvalue weighted by atomic mass is 10.00. The second-order valence-electron chi connectivity index (χ2n) is 8.47. The van der Waals surface area contributed by atoms with Gasteiger partial charge in [-0.05, 0) is 36.0 Å². The summed E-state index contributed by atoms with van der Waals surface area (Å²) in [6.07, 6.45) is 8.61. The highest BCUT2D eigenvalue weighted by molar-refractivity contribution is 5.79. The Kier molecular flexibility index (Phi) is 9.05. The van der Waals surface area contributed by atoms with E-state index in [-0.39, 0.29) is 18.4 Å². The van der Waals surface area contributed by atoms with Crippen molar-refractivity contribution in [3.05, 3.63) is 72.3 Å². The number of amides is 1. The normalized spacial score (nSPS) is 17.2. The molecule has 1 aliphatic rings. The molecular weight excluding hydrogens is 402 g/mol. The van der Waals surface area contributed by atoms with E-state index in [1.54, 1.807) is 0 Å². The lowest BCUT2D eigenvalue weighted by Crippen LogP contribution is -2.32. The molecule has 2 N–H and O–H groups in total. The minimum Gasteiger partial charge on any atom is -0.481 e. The number of carbonyl (C=O) groups is 2. The topological polar surface area (TPSA) is 77.8 Å². The molecule has 5 nitrogen and oxygen atoms in total. The van der Waals surface area contributed by atoms with E-state index in [0.29, 0.717) is 25.8 Å². The van der Waals surface area contributed by atoms with Crippen LogP contribution in [0.5, 0.6) is 0 Å².